The van der Waals surface area contributed by atoms with E-state index in [2.05, 4.69) is 27.9 Å². The molecule has 0 fully saturated rings. The van der Waals surface area contributed by atoms with Crippen LogP contribution in [0.1, 0.15) is 10.4 Å². The van der Waals surface area contributed by atoms with Gasteiger partial charge in [-0.1, -0.05) is 23.7 Å². The summed E-state index contributed by atoms with van der Waals surface area (Å²) in [7, 11) is 1.51. The topological polar surface area (TPSA) is 38.3 Å². The number of amides is 1. The second-order valence-corrected chi connectivity index (χ2v) is 5.38. The van der Waals surface area contributed by atoms with Gasteiger partial charge in [0.25, 0.3) is 5.91 Å². The third-order valence-corrected chi connectivity index (χ3v) is 3.71. The van der Waals surface area contributed by atoms with Gasteiger partial charge in [0.2, 0.25) is 0 Å². The van der Waals surface area contributed by atoms with E-state index in [-0.39, 0.29) is 5.91 Å². The molecule has 0 atom stereocenters. The SMILES string of the molecule is COc1cc(Cl)ccc1C(=O)Nc1ccccc1I. The molecule has 0 bridgehead atoms. The van der Waals surface area contributed by atoms with Gasteiger partial charge in [-0.25, -0.2) is 0 Å². The van der Waals surface area contributed by atoms with Gasteiger partial charge in [0.15, 0.2) is 0 Å². The molecule has 0 radical (unpaired) electrons. The van der Waals surface area contributed by atoms with Crippen LogP contribution in [0.2, 0.25) is 5.02 Å². The number of carbonyl (C=O) groups is 1. The van der Waals surface area contributed by atoms with Gasteiger partial charge in [-0.2, -0.15) is 0 Å². The lowest BCUT2D eigenvalue weighted by Crippen LogP contribution is -2.13. The molecule has 0 aliphatic rings. The summed E-state index contributed by atoms with van der Waals surface area (Å²) in [6.45, 7) is 0. The highest BCUT2D eigenvalue weighted by atomic mass is 127. The van der Waals surface area contributed by atoms with Crippen molar-refractivity contribution in [3.63, 3.8) is 0 Å². The molecule has 3 nitrogen and oxygen atoms in total. The van der Waals surface area contributed by atoms with Crippen molar-refractivity contribution >= 4 is 45.8 Å². The first kappa shape index (κ1) is 14.1. The van der Waals surface area contributed by atoms with E-state index in [1.807, 2.05) is 24.3 Å². The molecule has 0 unspecified atom stereocenters. The fourth-order valence-corrected chi connectivity index (χ4v) is 2.29. The molecule has 0 saturated carbocycles. The fourth-order valence-electron chi connectivity index (χ4n) is 1.60. The van der Waals surface area contributed by atoms with Gasteiger partial charge in [0.05, 0.1) is 18.4 Å². The molecule has 0 heterocycles. The number of nitrogens with one attached hydrogen (secondary N) is 1. The predicted molar refractivity (Wildman–Crippen MR) is 85.1 cm³/mol. The minimum absolute atomic E-state index is 0.224. The maximum absolute atomic E-state index is 12.2. The Morgan fingerprint density at radius 3 is 2.68 bits per heavy atom. The van der Waals surface area contributed by atoms with Crippen LogP contribution in [-0.2, 0) is 0 Å². The number of hydrogen-bond acceptors (Lipinski definition) is 2. The zero-order valence-corrected chi connectivity index (χ0v) is 13.0. The van der Waals surface area contributed by atoms with E-state index in [0.717, 1.165) is 9.26 Å². The van der Waals surface area contributed by atoms with Crippen molar-refractivity contribution in [1.29, 1.82) is 0 Å². The van der Waals surface area contributed by atoms with Crippen LogP contribution >= 0.6 is 34.2 Å². The second-order valence-electron chi connectivity index (χ2n) is 3.78. The highest BCUT2D eigenvalue weighted by molar-refractivity contribution is 14.1. The van der Waals surface area contributed by atoms with Crippen LogP contribution < -0.4 is 10.1 Å². The molecule has 0 spiro atoms. The molecule has 0 aromatic heterocycles. The zero-order valence-electron chi connectivity index (χ0n) is 10.1. The molecule has 98 valence electrons. The lowest BCUT2D eigenvalue weighted by atomic mass is 10.2. The maximum atomic E-state index is 12.2. The fraction of sp³-hybridized carbons (Fsp3) is 0.0714. The normalized spacial score (nSPS) is 10.1. The Balaban J connectivity index is 2.28. The molecule has 2 aromatic rings. The molecule has 0 aliphatic carbocycles. The van der Waals surface area contributed by atoms with Gasteiger partial charge >= 0.3 is 0 Å². The summed E-state index contributed by atoms with van der Waals surface area (Å²) < 4.78 is 6.14. The summed E-state index contributed by atoms with van der Waals surface area (Å²) >= 11 is 8.04. The van der Waals surface area contributed by atoms with E-state index in [1.54, 1.807) is 18.2 Å². The number of ether oxygens (including phenoxy) is 1. The van der Waals surface area contributed by atoms with E-state index in [9.17, 15) is 4.79 Å². The summed E-state index contributed by atoms with van der Waals surface area (Å²) in [6, 6.07) is 12.5. The third-order valence-electron chi connectivity index (χ3n) is 2.53. The number of para-hydroxylation sites is 1. The Kier molecular flexibility index (Phi) is 4.66. The molecule has 1 amide bonds. The summed E-state index contributed by atoms with van der Waals surface area (Å²) in [6.07, 6.45) is 0. The predicted octanol–water partition coefficient (Wildman–Crippen LogP) is 4.21. The minimum Gasteiger partial charge on any atom is -0.496 e. The largest absolute Gasteiger partial charge is 0.496 e. The lowest BCUT2D eigenvalue weighted by molar-refractivity contribution is 0.102. The van der Waals surface area contributed by atoms with Crippen molar-refractivity contribution in [2.24, 2.45) is 0 Å². The van der Waals surface area contributed by atoms with Crippen molar-refractivity contribution in [3.8, 4) is 5.75 Å². The molecule has 0 saturated heterocycles. The van der Waals surface area contributed by atoms with Crippen molar-refractivity contribution in [3.05, 3.63) is 56.6 Å². The number of rotatable bonds is 3. The van der Waals surface area contributed by atoms with Gasteiger partial charge in [-0.15, -0.1) is 0 Å². The van der Waals surface area contributed by atoms with Crippen LogP contribution in [0.15, 0.2) is 42.5 Å². The lowest BCUT2D eigenvalue weighted by Gasteiger charge is -2.10. The Labute approximate surface area is 130 Å². The summed E-state index contributed by atoms with van der Waals surface area (Å²) in [5, 5.41) is 3.38. The van der Waals surface area contributed by atoms with Crippen LogP contribution in [0, 0.1) is 3.57 Å². The van der Waals surface area contributed by atoms with Crippen molar-refractivity contribution in [2.45, 2.75) is 0 Å². The van der Waals surface area contributed by atoms with Crippen molar-refractivity contribution in [2.75, 3.05) is 12.4 Å². The number of hydrogen-bond donors (Lipinski definition) is 1. The van der Waals surface area contributed by atoms with Crippen LogP contribution in [0.3, 0.4) is 0 Å². The number of methoxy groups -OCH3 is 1. The van der Waals surface area contributed by atoms with Gasteiger partial charge in [-0.3, -0.25) is 4.79 Å². The quantitative estimate of drug-likeness (QED) is 0.802. The smallest absolute Gasteiger partial charge is 0.259 e. The second kappa shape index (κ2) is 6.25. The zero-order chi connectivity index (χ0) is 13.8. The first-order chi connectivity index (χ1) is 9.11. The molecule has 2 rings (SSSR count). The maximum Gasteiger partial charge on any atom is 0.259 e. The van der Waals surface area contributed by atoms with E-state index >= 15 is 0 Å². The van der Waals surface area contributed by atoms with E-state index in [4.69, 9.17) is 16.3 Å². The van der Waals surface area contributed by atoms with Crippen molar-refractivity contribution < 1.29 is 9.53 Å². The highest BCUT2D eigenvalue weighted by Gasteiger charge is 2.13. The molecule has 19 heavy (non-hydrogen) atoms. The Hall–Kier alpha value is -1.27. The molecular weight excluding hydrogens is 377 g/mol. The van der Waals surface area contributed by atoms with Crippen LogP contribution in [0.25, 0.3) is 0 Å². The molecular formula is C14H11ClINO2. The minimum atomic E-state index is -0.224. The van der Waals surface area contributed by atoms with Crippen LogP contribution in [0.5, 0.6) is 5.75 Å². The Morgan fingerprint density at radius 2 is 2.00 bits per heavy atom. The standard InChI is InChI=1S/C14H11ClINO2/c1-19-13-8-9(15)6-7-10(13)14(18)17-12-5-3-2-4-11(12)16/h2-8H,1H3,(H,17,18). The highest BCUT2D eigenvalue weighted by Crippen LogP contribution is 2.25. The molecule has 5 heteroatoms. The number of halogens is 2. The van der Waals surface area contributed by atoms with Gasteiger partial charge < -0.3 is 10.1 Å². The first-order valence-corrected chi connectivity index (χ1v) is 6.97. The number of anilines is 1. The number of carbonyl (C=O) groups excluding carboxylic acids is 1. The average molecular weight is 388 g/mol. The summed E-state index contributed by atoms with van der Waals surface area (Å²) in [4.78, 5) is 12.2. The van der Waals surface area contributed by atoms with Gasteiger partial charge in [0, 0.05) is 8.59 Å². The molecule has 2 aromatic carbocycles. The Bertz CT molecular complexity index is 616. The van der Waals surface area contributed by atoms with E-state index in [0.29, 0.717) is 16.3 Å². The monoisotopic (exact) mass is 387 g/mol. The summed E-state index contributed by atoms with van der Waals surface area (Å²) in [5.74, 6) is 0.230. The Morgan fingerprint density at radius 1 is 1.26 bits per heavy atom. The molecule has 0 aliphatic heterocycles. The van der Waals surface area contributed by atoms with Gasteiger partial charge in [0.1, 0.15) is 5.75 Å². The summed E-state index contributed by atoms with van der Waals surface area (Å²) in [5.41, 5.74) is 1.22. The number of benzene rings is 2. The van der Waals surface area contributed by atoms with Crippen LogP contribution in [-0.4, -0.2) is 13.0 Å². The third kappa shape index (κ3) is 3.39. The molecule has 1 N–H and O–H groups in total. The average Bonchev–Trinajstić information content (AvgIpc) is 2.41. The van der Waals surface area contributed by atoms with Crippen molar-refractivity contribution in [1.82, 2.24) is 0 Å². The van der Waals surface area contributed by atoms with Gasteiger partial charge in [-0.05, 0) is 52.9 Å². The first-order valence-electron chi connectivity index (χ1n) is 5.51. The van der Waals surface area contributed by atoms with E-state index in [1.165, 1.54) is 7.11 Å². The van der Waals surface area contributed by atoms with Crippen LogP contribution in [0.4, 0.5) is 5.69 Å². The van der Waals surface area contributed by atoms with E-state index < -0.39 is 0 Å².